The van der Waals surface area contributed by atoms with Crippen molar-refractivity contribution in [2.45, 2.75) is 44.9 Å². The molecule has 1 aliphatic heterocycles. The Morgan fingerprint density at radius 2 is 2.29 bits per heavy atom. The number of nitrogens with one attached hydrogen (secondary N) is 2. The van der Waals surface area contributed by atoms with Crippen LogP contribution in [0.3, 0.4) is 0 Å². The van der Waals surface area contributed by atoms with E-state index in [4.69, 9.17) is 4.42 Å². The van der Waals surface area contributed by atoms with E-state index in [0.29, 0.717) is 22.7 Å². The minimum atomic E-state index is -4.56. The molecule has 2 atom stereocenters. The van der Waals surface area contributed by atoms with E-state index in [0.717, 1.165) is 21.3 Å². The third-order valence-electron chi connectivity index (χ3n) is 5.27. The molecule has 2 unspecified atom stereocenters. The number of fused-ring (bicyclic) bond motifs is 1. The number of carbonyl (C=O) groups is 1. The summed E-state index contributed by atoms with van der Waals surface area (Å²) >= 11 is 1.26. The summed E-state index contributed by atoms with van der Waals surface area (Å²) in [6.07, 6.45) is -1.77. The molecule has 0 spiro atoms. The van der Waals surface area contributed by atoms with Crippen LogP contribution in [-0.2, 0) is 6.42 Å². The maximum atomic E-state index is 13.7. The average molecular weight is 449 g/mol. The summed E-state index contributed by atoms with van der Waals surface area (Å²) in [5.74, 6) is -0.355. The number of amides is 1. The summed E-state index contributed by atoms with van der Waals surface area (Å²) in [4.78, 5) is 13.9. The van der Waals surface area contributed by atoms with Gasteiger partial charge in [-0.25, -0.2) is 4.68 Å². The molecule has 0 radical (unpaired) electrons. The second-order valence-corrected chi connectivity index (χ2v) is 8.34. The van der Waals surface area contributed by atoms with Crippen molar-refractivity contribution in [2.75, 3.05) is 10.6 Å². The number of thiophene rings is 1. The van der Waals surface area contributed by atoms with Crippen molar-refractivity contribution in [1.82, 2.24) is 9.78 Å². The Kier molecular flexibility index (Phi) is 5.26. The van der Waals surface area contributed by atoms with Crippen LogP contribution in [0.5, 0.6) is 0 Å². The minimum Gasteiger partial charge on any atom is -0.467 e. The maximum Gasteiger partial charge on any atom is 0.410 e. The third kappa shape index (κ3) is 3.67. The molecule has 162 valence electrons. The number of hydrogen-bond donors (Lipinski definition) is 2. The van der Waals surface area contributed by atoms with Gasteiger partial charge in [-0.1, -0.05) is 6.92 Å². The molecule has 0 saturated heterocycles. The van der Waals surface area contributed by atoms with Crippen molar-refractivity contribution in [1.29, 1.82) is 5.26 Å². The molecule has 2 N–H and O–H groups in total. The zero-order valence-electron chi connectivity index (χ0n) is 16.6. The van der Waals surface area contributed by atoms with Crippen LogP contribution in [0.25, 0.3) is 0 Å². The molecule has 0 aliphatic carbocycles. The minimum absolute atomic E-state index is 0.0431. The summed E-state index contributed by atoms with van der Waals surface area (Å²) in [6.45, 7) is 3.76. The Morgan fingerprint density at radius 3 is 2.90 bits per heavy atom. The molecule has 7 nitrogen and oxygen atoms in total. The molecule has 0 saturated carbocycles. The fourth-order valence-corrected chi connectivity index (χ4v) is 4.88. The lowest BCUT2D eigenvalue weighted by molar-refractivity contribution is -0.174. The van der Waals surface area contributed by atoms with Gasteiger partial charge in [-0.3, -0.25) is 4.79 Å². The molecule has 11 heteroatoms. The van der Waals surface area contributed by atoms with E-state index >= 15 is 0 Å². The van der Waals surface area contributed by atoms with Crippen molar-refractivity contribution < 1.29 is 22.4 Å². The fourth-order valence-electron chi connectivity index (χ4n) is 3.79. The number of aryl methyl sites for hydroxylation is 1. The van der Waals surface area contributed by atoms with E-state index in [1.54, 1.807) is 12.1 Å². The molecule has 3 aromatic heterocycles. The standard InChI is InChI=1S/C20H18F3N5O2S/c1-3-11-10(2)31-19(12(11)8-24)27-18(29)13-9-25-28-16(20(21,22)23)7-14(26-17(13)28)15-5-4-6-30-15/h4-6,9,14,16,26H,3,7H2,1-2H3,(H,27,29). The summed E-state index contributed by atoms with van der Waals surface area (Å²) in [5.41, 5.74) is 1.17. The Labute approximate surface area is 179 Å². The van der Waals surface area contributed by atoms with Gasteiger partial charge < -0.3 is 15.1 Å². The highest BCUT2D eigenvalue weighted by Crippen LogP contribution is 2.44. The van der Waals surface area contributed by atoms with Crippen molar-refractivity contribution in [3.63, 3.8) is 0 Å². The van der Waals surface area contributed by atoms with Gasteiger partial charge in [0.05, 0.1) is 24.1 Å². The predicted octanol–water partition coefficient (Wildman–Crippen LogP) is 5.19. The Morgan fingerprint density at radius 1 is 1.52 bits per heavy atom. The molecule has 31 heavy (non-hydrogen) atoms. The zero-order chi connectivity index (χ0) is 22.3. The van der Waals surface area contributed by atoms with E-state index in [2.05, 4.69) is 21.8 Å². The van der Waals surface area contributed by atoms with Gasteiger partial charge in [0, 0.05) is 11.3 Å². The predicted molar refractivity (Wildman–Crippen MR) is 108 cm³/mol. The van der Waals surface area contributed by atoms with E-state index in [9.17, 15) is 23.2 Å². The molecule has 0 bridgehead atoms. The zero-order valence-corrected chi connectivity index (χ0v) is 17.4. The van der Waals surface area contributed by atoms with Crippen LogP contribution in [0.1, 0.15) is 57.6 Å². The van der Waals surface area contributed by atoms with E-state index in [1.165, 1.54) is 17.6 Å². The van der Waals surface area contributed by atoms with Crippen LogP contribution >= 0.6 is 11.3 Å². The number of rotatable bonds is 4. The number of nitrogens with zero attached hydrogens (tertiary/aromatic N) is 3. The second kappa shape index (κ2) is 7.77. The number of hydrogen-bond acceptors (Lipinski definition) is 6. The van der Waals surface area contributed by atoms with Crippen LogP contribution in [-0.4, -0.2) is 21.9 Å². The first-order valence-electron chi connectivity index (χ1n) is 9.52. The summed E-state index contributed by atoms with van der Waals surface area (Å²) in [5, 5.41) is 19.3. The number of nitriles is 1. The van der Waals surface area contributed by atoms with Gasteiger partial charge in [0.25, 0.3) is 5.91 Å². The van der Waals surface area contributed by atoms with Crippen LogP contribution in [0.2, 0.25) is 0 Å². The number of furan rings is 1. The second-order valence-electron chi connectivity index (χ2n) is 7.12. The van der Waals surface area contributed by atoms with Crippen molar-refractivity contribution in [3.8, 4) is 6.07 Å². The fraction of sp³-hybridized carbons (Fsp3) is 0.350. The average Bonchev–Trinajstić information content (AvgIpc) is 3.44. The Balaban J connectivity index is 1.70. The number of anilines is 2. The van der Waals surface area contributed by atoms with Crippen molar-refractivity contribution >= 4 is 28.1 Å². The monoisotopic (exact) mass is 449 g/mol. The van der Waals surface area contributed by atoms with Gasteiger partial charge >= 0.3 is 6.18 Å². The van der Waals surface area contributed by atoms with Gasteiger partial charge in [-0.15, -0.1) is 11.3 Å². The van der Waals surface area contributed by atoms with Crippen LogP contribution in [0, 0.1) is 18.3 Å². The largest absolute Gasteiger partial charge is 0.467 e. The summed E-state index contributed by atoms with van der Waals surface area (Å²) < 4.78 is 47.2. The highest BCUT2D eigenvalue weighted by molar-refractivity contribution is 7.16. The molecule has 0 aromatic carbocycles. The van der Waals surface area contributed by atoms with Gasteiger partial charge in [-0.2, -0.15) is 23.5 Å². The van der Waals surface area contributed by atoms with Crippen molar-refractivity contribution in [2.24, 2.45) is 0 Å². The highest BCUT2D eigenvalue weighted by atomic mass is 32.1. The molecule has 1 aliphatic rings. The van der Waals surface area contributed by atoms with Crippen molar-refractivity contribution in [3.05, 3.63) is 51.9 Å². The lowest BCUT2D eigenvalue weighted by Crippen LogP contribution is -2.36. The molecule has 4 rings (SSSR count). The third-order valence-corrected chi connectivity index (χ3v) is 6.33. The molecule has 4 heterocycles. The molecular weight excluding hydrogens is 431 g/mol. The summed E-state index contributed by atoms with van der Waals surface area (Å²) in [7, 11) is 0. The topological polar surface area (TPSA) is 95.9 Å². The van der Waals surface area contributed by atoms with E-state index < -0.39 is 24.2 Å². The molecular formula is C20H18F3N5O2S. The SMILES string of the molecule is CCc1c(C)sc(NC(=O)c2cnn3c2NC(c2ccco2)CC3C(F)(F)F)c1C#N. The first kappa shape index (κ1) is 21.0. The van der Waals surface area contributed by atoms with Crippen LogP contribution < -0.4 is 10.6 Å². The molecule has 0 fully saturated rings. The number of aromatic nitrogens is 2. The Hall–Kier alpha value is -3.26. The summed E-state index contributed by atoms with van der Waals surface area (Å²) in [6, 6.07) is 2.58. The normalized spacial score (nSPS) is 18.2. The highest BCUT2D eigenvalue weighted by Gasteiger charge is 2.47. The number of halogens is 3. The van der Waals surface area contributed by atoms with Crippen LogP contribution in [0.4, 0.5) is 24.0 Å². The van der Waals surface area contributed by atoms with E-state index in [1.807, 2.05) is 13.8 Å². The van der Waals surface area contributed by atoms with Gasteiger partial charge in [0.2, 0.25) is 0 Å². The number of carbonyl (C=O) groups excluding carboxylic acids is 1. The first-order chi connectivity index (χ1) is 14.7. The Bertz CT molecular complexity index is 1160. The van der Waals surface area contributed by atoms with Gasteiger partial charge in [-0.05, 0) is 31.0 Å². The molecule has 3 aromatic rings. The van der Waals surface area contributed by atoms with Crippen LogP contribution in [0.15, 0.2) is 29.0 Å². The first-order valence-corrected chi connectivity index (χ1v) is 10.3. The lowest BCUT2D eigenvalue weighted by atomic mass is 10.0. The van der Waals surface area contributed by atoms with Gasteiger partial charge in [0.15, 0.2) is 6.04 Å². The lowest BCUT2D eigenvalue weighted by Gasteiger charge is -2.32. The smallest absolute Gasteiger partial charge is 0.410 e. The maximum absolute atomic E-state index is 13.7. The van der Waals surface area contributed by atoms with Gasteiger partial charge in [0.1, 0.15) is 28.2 Å². The quantitative estimate of drug-likeness (QED) is 0.571. The molecule has 1 amide bonds. The van der Waals surface area contributed by atoms with E-state index in [-0.39, 0.29) is 17.8 Å². The number of alkyl halides is 3.